The maximum atomic E-state index is 4.46. The zero-order valence-corrected chi connectivity index (χ0v) is 11.3. The first-order chi connectivity index (χ1) is 7.78. The molecule has 0 radical (unpaired) electrons. The minimum absolute atomic E-state index is 0.832. The number of nitrogens with zero attached hydrogens (tertiary/aromatic N) is 2. The minimum atomic E-state index is 0.832. The molecule has 1 aliphatic carbocycles. The van der Waals surface area contributed by atoms with Crippen molar-refractivity contribution >= 4 is 21.7 Å². The predicted octanol–water partition coefficient (Wildman–Crippen LogP) is 3.40. The molecule has 0 saturated heterocycles. The summed E-state index contributed by atoms with van der Waals surface area (Å²) in [5.41, 5.74) is 0. The smallest absolute Gasteiger partial charge is 0.131 e. The van der Waals surface area contributed by atoms with E-state index in [-0.39, 0.29) is 0 Å². The Morgan fingerprint density at radius 1 is 1.38 bits per heavy atom. The molecular weight excluding hydrogens is 266 g/mol. The Hall–Kier alpha value is -0.640. The Labute approximate surface area is 105 Å². The molecule has 1 aliphatic rings. The summed E-state index contributed by atoms with van der Waals surface area (Å²) >= 11 is 3.42. The van der Waals surface area contributed by atoms with Crippen molar-refractivity contribution in [3.05, 3.63) is 16.5 Å². The van der Waals surface area contributed by atoms with Crippen LogP contribution in [0.3, 0.4) is 0 Å². The van der Waals surface area contributed by atoms with Gasteiger partial charge in [0.05, 0.1) is 0 Å². The fraction of sp³-hybridized carbons (Fsp3) is 0.667. The van der Waals surface area contributed by atoms with Crippen LogP contribution in [0.2, 0.25) is 0 Å². The van der Waals surface area contributed by atoms with Gasteiger partial charge in [-0.1, -0.05) is 19.8 Å². The summed E-state index contributed by atoms with van der Waals surface area (Å²) in [7, 11) is 0. The lowest BCUT2D eigenvalue weighted by Gasteiger charge is -2.11. The van der Waals surface area contributed by atoms with Crippen molar-refractivity contribution in [2.45, 2.75) is 39.0 Å². The number of halogens is 1. The molecule has 0 unspecified atom stereocenters. The van der Waals surface area contributed by atoms with Crippen LogP contribution < -0.4 is 5.32 Å². The summed E-state index contributed by atoms with van der Waals surface area (Å²) in [4.78, 5) is 8.76. The molecule has 0 aliphatic heterocycles. The largest absolute Gasteiger partial charge is 0.370 e. The first-order valence-corrected chi connectivity index (χ1v) is 6.84. The topological polar surface area (TPSA) is 37.8 Å². The van der Waals surface area contributed by atoms with E-state index in [0.717, 1.165) is 35.1 Å². The standard InChI is InChI=1S/C12H18BrN3/c1-2-11-15-10(13)7-12(16-11)14-8-9-5-3-4-6-9/h7,9H,2-6,8H2,1H3,(H,14,15,16). The molecule has 0 amide bonds. The quantitative estimate of drug-likeness (QED) is 0.861. The highest BCUT2D eigenvalue weighted by Gasteiger charge is 2.14. The van der Waals surface area contributed by atoms with Gasteiger partial charge in [-0.3, -0.25) is 0 Å². The molecule has 16 heavy (non-hydrogen) atoms. The van der Waals surface area contributed by atoms with Crippen molar-refractivity contribution < 1.29 is 0 Å². The Kier molecular flexibility index (Phi) is 4.16. The fourth-order valence-electron chi connectivity index (χ4n) is 2.18. The van der Waals surface area contributed by atoms with Gasteiger partial charge in [-0.25, -0.2) is 9.97 Å². The molecular formula is C12H18BrN3. The van der Waals surface area contributed by atoms with Crippen LogP contribution in [0.1, 0.15) is 38.4 Å². The highest BCUT2D eigenvalue weighted by atomic mass is 79.9. The highest BCUT2D eigenvalue weighted by molar-refractivity contribution is 9.10. The van der Waals surface area contributed by atoms with Gasteiger partial charge in [-0.05, 0) is 34.7 Å². The molecule has 0 bridgehead atoms. The Balaban J connectivity index is 1.94. The third-order valence-corrected chi connectivity index (χ3v) is 3.51. The van der Waals surface area contributed by atoms with Crippen LogP contribution >= 0.6 is 15.9 Å². The second-order valence-corrected chi connectivity index (χ2v) is 5.19. The zero-order chi connectivity index (χ0) is 11.4. The predicted molar refractivity (Wildman–Crippen MR) is 69.6 cm³/mol. The molecule has 0 atom stereocenters. The molecule has 0 spiro atoms. The molecule has 88 valence electrons. The molecule has 1 fully saturated rings. The average Bonchev–Trinajstić information content (AvgIpc) is 2.78. The molecule has 1 N–H and O–H groups in total. The monoisotopic (exact) mass is 283 g/mol. The number of rotatable bonds is 4. The third-order valence-electron chi connectivity index (χ3n) is 3.10. The number of aryl methyl sites for hydroxylation is 1. The number of hydrogen-bond donors (Lipinski definition) is 1. The van der Waals surface area contributed by atoms with Gasteiger partial charge >= 0.3 is 0 Å². The SMILES string of the molecule is CCc1nc(Br)cc(NCC2CCCC2)n1. The fourth-order valence-corrected chi connectivity index (χ4v) is 2.60. The van der Waals surface area contributed by atoms with Crippen molar-refractivity contribution in [1.29, 1.82) is 0 Å². The van der Waals surface area contributed by atoms with Crippen molar-refractivity contribution in [1.82, 2.24) is 9.97 Å². The molecule has 1 saturated carbocycles. The number of anilines is 1. The van der Waals surface area contributed by atoms with Crippen LogP contribution in [-0.4, -0.2) is 16.5 Å². The first kappa shape index (κ1) is 11.8. The average molecular weight is 284 g/mol. The molecule has 2 rings (SSSR count). The second kappa shape index (κ2) is 5.62. The van der Waals surface area contributed by atoms with E-state index in [9.17, 15) is 0 Å². The highest BCUT2D eigenvalue weighted by Crippen LogP contribution is 2.25. The van der Waals surface area contributed by atoms with Crippen LogP contribution in [0.15, 0.2) is 10.7 Å². The summed E-state index contributed by atoms with van der Waals surface area (Å²) in [5.74, 6) is 2.67. The first-order valence-electron chi connectivity index (χ1n) is 6.05. The van der Waals surface area contributed by atoms with Gasteiger partial charge in [-0.2, -0.15) is 0 Å². The van der Waals surface area contributed by atoms with Crippen molar-refractivity contribution in [2.24, 2.45) is 5.92 Å². The summed E-state index contributed by atoms with van der Waals surface area (Å²) < 4.78 is 0.869. The lowest BCUT2D eigenvalue weighted by molar-refractivity contribution is 0.578. The Bertz CT molecular complexity index is 348. The van der Waals surface area contributed by atoms with Crippen LogP contribution in [0.4, 0.5) is 5.82 Å². The lowest BCUT2D eigenvalue weighted by atomic mass is 10.1. The zero-order valence-electron chi connectivity index (χ0n) is 9.67. The Morgan fingerprint density at radius 3 is 2.81 bits per heavy atom. The van der Waals surface area contributed by atoms with Crippen molar-refractivity contribution in [2.75, 3.05) is 11.9 Å². The van der Waals surface area contributed by atoms with Crippen LogP contribution in [0, 0.1) is 5.92 Å². The van der Waals surface area contributed by atoms with Crippen LogP contribution in [0.25, 0.3) is 0 Å². The van der Waals surface area contributed by atoms with Gasteiger partial charge < -0.3 is 5.32 Å². The van der Waals surface area contributed by atoms with Gasteiger partial charge in [0.15, 0.2) is 0 Å². The summed E-state index contributed by atoms with van der Waals surface area (Å²) in [5, 5.41) is 3.42. The number of hydrogen-bond acceptors (Lipinski definition) is 3. The number of nitrogens with one attached hydrogen (secondary N) is 1. The van der Waals surface area contributed by atoms with Gasteiger partial charge in [0.25, 0.3) is 0 Å². The van der Waals surface area contributed by atoms with Gasteiger partial charge in [0.2, 0.25) is 0 Å². The molecule has 4 heteroatoms. The second-order valence-electron chi connectivity index (χ2n) is 4.38. The van der Waals surface area contributed by atoms with E-state index in [0.29, 0.717) is 0 Å². The van der Waals surface area contributed by atoms with E-state index < -0.39 is 0 Å². The summed E-state index contributed by atoms with van der Waals surface area (Å²) in [6, 6.07) is 1.95. The van der Waals surface area contributed by atoms with Crippen molar-refractivity contribution in [3.63, 3.8) is 0 Å². The maximum Gasteiger partial charge on any atom is 0.131 e. The van der Waals surface area contributed by atoms with E-state index in [1.807, 2.05) is 6.07 Å². The lowest BCUT2D eigenvalue weighted by Crippen LogP contribution is -2.12. The van der Waals surface area contributed by atoms with Crippen molar-refractivity contribution in [3.8, 4) is 0 Å². The normalized spacial score (nSPS) is 16.6. The van der Waals surface area contributed by atoms with E-state index in [4.69, 9.17) is 0 Å². The van der Waals surface area contributed by atoms with E-state index >= 15 is 0 Å². The van der Waals surface area contributed by atoms with Crippen LogP contribution in [-0.2, 0) is 6.42 Å². The molecule has 1 heterocycles. The van der Waals surface area contributed by atoms with Gasteiger partial charge in [0.1, 0.15) is 16.2 Å². The molecule has 0 aromatic carbocycles. The third kappa shape index (κ3) is 3.17. The van der Waals surface area contributed by atoms with Crippen LogP contribution in [0.5, 0.6) is 0 Å². The Morgan fingerprint density at radius 2 is 2.12 bits per heavy atom. The summed E-state index contributed by atoms with van der Waals surface area (Å²) in [6.45, 7) is 3.12. The molecule has 1 aromatic rings. The molecule has 3 nitrogen and oxygen atoms in total. The number of aromatic nitrogens is 2. The maximum absolute atomic E-state index is 4.46. The minimum Gasteiger partial charge on any atom is -0.370 e. The van der Waals surface area contributed by atoms with E-state index in [1.165, 1.54) is 25.7 Å². The van der Waals surface area contributed by atoms with E-state index in [2.05, 4.69) is 38.1 Å². The molecule has 1 aromatic heterocycles. The summed E-state index contributed by atoms with van der Waals surface area (Å²) in [6.07, 6.45) is 6.37. The van der Waals surface area contributed by atoms with Gasteiger partial charge in [-0.15, -0.1) is 0 Å². The van der Waals surface area contributed by atoms with E-state index in [1.54, 1.807) is 0 Å². The van der Waals surface area contributed by atoms with Gasteiger partial charge in [0, 0.05) is 19.0 Å².